The minimum atomic E-state index is -0.645. The van der Waals surface area contributed by atoms with Crippen molar-refractivity contribution in [3.05, 3.63) is 65.9 Å². The molecule has 3 aromatic heterocycles. The van der Waals surface area contributed by atoms with Gasteiger partial charge in [-0.2, -0.15) is 15.3 Å². The van der Waals surface area contributed by atoms with Crippen LogP contribution in [0.15, 0.2) is 43.2 Å². The first-order chi connectivity index (χ1) is 17.5. The Morgan fingerprint density at radius 3 is 2.83 bits per heavy atom. The number of ether oxygens (including phenoxy) is 1. The molecule has 1 aromatic carbocycles. The van der Waals surface area contributed by atoms with E-state index < -0.39 is 5.82 Å². The molecule has 0 unspecified atom stereocenters. The number of H-pyrrole nitrogens is 1. The number of rotatable bonds is 2. The Morgan fingerprint density at radius 2 is 2.08 bits per heavy atom. The van der Waals surface area contributed by atoms with E-state index in [1.807, 2.05) is 16.7 Å². The van der Waals surface area contributed by atoms with Crippen molar-refractivity contribution in [3.63, 3.8) is 0 Å². The topological polar surface area (TPSA) is 121 Å². The summed E-state index contributed by atoms with van der Waals surface area (Å²) >= 11 is 0. The zero-order chi connectivity index (χ0) is 24.9. The molecule has 36 heavy (non-hydrogen) atoms. The van der Waals surface area contributed by atoms with E-state index in [0.717, 1.165) is 31.9 Å². The SMILES string of the molecule is C=C[C@@H]1OCC2(CCN(c3nc4[nH]nc(C#Cc5cccc(C#N)c5F)c4c4nccn34)CC2)[C@@H]1N. The van der Waals surface area contributed by atoms with Crippen LogP contribution in [0.2, 0.25) is 0 Å². The van der Waals surface area contributed by atoms with Gasteiger partial charge in [-0.05, 0) is 30.9 Å². The number of aromatic amines is 1. The Bertz CT molecular complexity index is 1600. The minimum Gasteiger partial charge on any atom is -0.372 e. The molecular formula is C26H23FN8O. The fraction of sp³-hybridized carbons (Fsp3) is 0.308. The number of piperidine rings is 1. The highest BCUT2D eigenvalue weighted by atomic mass is 19.1. The standard InChI is InChI=1S/C26H23FN8O/c1-2-19-22(29)26(15-36-19)8-11-34(12-9-26)25-31-23-20(24-30-10-13-35(24)25)18(32-33-23)7-6-16-4-3-5-17(14-28)21(16)27/h2-5,10,13,19,22H,1,8-9,11-12,15,29H2,(H,32,33)/t19-,22+/m0/s1. The minimum absolute atomic E-state index is 0.0518. The molecule has 1 spiro atoms. The van der Waals surface area contributed by atoms with Crippen molar-refractivity contribution in [2.75, 3.05) is 24.6 Å². The van der Waals surface area contributed by atoms with E-state index in [1.165, 1.54) is 12.1 Å². The van der Waals surface area contributed by atoms with Crippen LogP contribution in [0.25, 0.3) is 16.7 Å². The normalized spacial score (nSPS) is 21.0. The predicted molar refractivity (Wildman–Crippen MR) is 132 cm³/mol. The molecule has 0 amide bonds. The van der Waals surface area contributed by atoms with Crippen molar-refractivity contribution >= 4 is 22.6 Å². The van der Waals surface area contributed by atoms with E-state index in [1.54, 1.807) is 18.3 Å². The summed E-state index contributed by atoms with van der Waals surface area (Å²) in [5.41, 5.74) is 8.16. The summed E-state index contributed by atoms with van der Waals surface area (Å²) in [5, 5.41) is 17.0. The van der Waals surface area contributed by atoms with Gasteiger partial charge in [0.25, 0.3) is 0 Å². The van der Waals surface area contributed by atoms with Crippen LogP contribution >= 0.6 is 0 Å². The number of nitrogens with two attached hydrogens (primary N) is 1. The van der Waals surface area contributed by atoms with Crippen LogP contribution in [0.5, 0.6) is 0 Å². The maximum absolute atomic E-state index is 14.4. The summed E-state index contributed by atoms with van der Waals surface area (Å²) in [5.74, 6) is 5.83. The van der Waals surface area contributed by atoms with Crippen LogP contribution in [0, 0.1) is 34.4 Å². The van der Waals surface area contributed by atoms with Gasteiger partial charge in [-0.15, -0.1) is 6.58 Å². The van der Waals surface area contributed by atoms with Crippen molar-refractivity contribution in [2.45, 2.75) is 25.0 Å². The van der Waals surface area contributed by atoms with Gasteiger partial charge in [0.15, 0.2) is 17.1 Å². The number of halogens is 1. The number of hydrogen-bond acceptors (Lipinski definition) is 7. The Balaban J connectivity index is 1.34. The third kappa shape index (κ3) is 3.34. The number of imidazole rings is 1. The maximum Gasteiger partial charge on any atom is 0.213 e. The lowest BCUT2D eigenvalue weighted by atomic mass is 9.73. The molecule has 0 radical (unpaired) electrons. The summed E-state index contributed by atoms with van der Waals surface area (Å²) in [6, 6.07) is 6.31. The van der Waals surface area contributed by atoms with Gasteiger partial charge >= 0.3 is 0 Å². The summed E-state index contributed by atoms with van der Waals surface area (Å²) in [6.07, 6.45) is 7.04. The molecule has 10 heteroatoms. The van der Waals surface area contributed by atoms with Crippen molar-refractivity contribution < 1.29 is 9.13 Å². The average Bonchev–Trinajstić information content (AvgIpc) is 3.62. The van der Waals surface area contributed by atoms with Crippen LogP contribution in [-0.2, 0) is 4.74 Å². The largest absolute Gasteiger partial charge is 0.372 e. The van der Waals surface area contributed by atoms with Gasteiger partial charge in [-0.1, -0.05) is 18.1 Å². The molecule has 2 fully saturated rings. The molecule has 5 heterocycles. The second-order valence-corrected chi connectivity index (χ2v) is 9.24. The molecule has 3 N–H and O–H groups in total. The molecule has 0 bridgehead atoms. The van der Waals surface area contributed by atoms with Gasteiger partial charge in [0.1, 0.15) is 11.8 Å². The third-order valence-corrected chi connectivity index (χ3v) is 7.37. The zero-order valence-electron chi connectivity index (χ0n) is 19.4. The van der Waals surface area contributed by atoms with E-state index in [2.05, 4.69) is 38.5 Å². The van der Waals surface area contributed by atoms with Gasteiger partial charge in [-0.3, -0.25) is 9.50 Å². The zero-order valence-corrected chi connectivity index (χ0v) is 19.4. The number of hydrogen-bond donors (Lipinski definition) is 2. The van der Waals surface area contributed by atoms with Gasteiger partial charge in [-0.25, -0.2) is 9.37 Å². The molecule has 2 aliphatic rings. The Morgan fingerprint density at radius 1 is 1.28 bits per heavy atom. The number of nitrogens with zero attached hydrogens (tertiary/aromatic N) is 6. The number of fused-ring (bicyclic) bond motifs is 3. The quantitative estimate of drug-likeness (QED) is 0.333. The molecule has 2 aliphatic heterocycles. The highest BCUT2D eigenvalue weighted by Crippen LogP contribution is 2.42. The van der Waals surface area contributed by atoms with E-state index in [-0.39, 0.29) is 28.7 Å². The molecule has 0 aliphatic carbocycles. The number of benzene rings is 1. The smallest absolute Gasteiger partial charge is 0.213 e. The Hall–Kier alpha value is -4.25. The number of aromatic nitrogens is 5. The number of nitrogens with one attached hydrogen (secondary N) is 1. The fourth-order valence-corrected chi connectivity index (χ4v) is 5.24. The van der Waals surface area contributed by atoms with Gasteiger partial charge in [0.2, 0.25) is 5.95 Å². The van der Waals surface area contributed by atoms with E-state index in [9.17, 15) is 4.39 Å². The van der Waals surface area contributed by atoms with Crippen molar-refractivity contribution in [1.82, 2.24) is 24.6 Å². The number of nitriles is 1. The predicted octanol–water partition coefficient (Wildman–Crippen LogP) is 2.51. The summed E-state index contributed by atoms with van der Waals surface area (Å²) in [7, 11) is 0. The lowest BCUT2D eigenvalue weighted by molar-refractivity contribution is 0.109. The lowest BCUT2D eigenvalue weighted by Gasteiger charge is -2.41. The third-order valence-electron chi connectivity index (χ3n) is 7.37. The van der Waals surface area contributed by atoms with Gasteiger partial charge < -0.3 is 15.4 Å². The summed E-state index contributed by atoms with van der Waals surface area (Å²) in [4.78, 5) is 11.6. The average molecular weight is 483 g/mol. The Labute approximate surface area is 206 Å². The Kier molecular flexibility index (Phi) is 5.22. The van der Waals surface area contributed by atoms with Gasteiger partial charge in [0, 0.05) is 36.9 Å². The van der Waals surface area contributed by atoms with Crippen LogP contribution in [0.3, 0.4) is 0 Å². The van der Waals surface area contributed by atoms with Crippen LogP contribution in [0.4, 0.5) is 10.3 Å². The maximum atomic E-state index is 14.4. The monoisotopic (exact) mass is 482 g/mol. The molecule has 4 aromatic rings. The van der Waals surface area contributed by atoms with Crippen molar-refractivity contribution in [3.8, 4) is 17.9 Å². The summed E-state index contributed by atoms with van der Waals surface area (Å²) < 4.78 is 22.3. The molecule has 0 saturated carbocycles. The van der Waals surface area contributed by atoms with Crippen molar-refractivity contribution in [2.24, 2.45) is 11.1 Å². The molecule has 2 atom stereocenters. The number of anilines is 1. The van der Waals surface area contributed by atoms with Crippen molar-refractivity contribution in [1.29, 1.82) is 5.26 Å². The molecular weight excluding hydrogens is 459 g/mol. The van der Waals surface area contributed by atoms with Crippen LogP contribution < -0.4 is 10.6 Å². The molecule has 9 nitrogen and oxygen atoms in total. The highest BCUT2D eigenvalue weighted by Gasteiger charge is 2.48. The van der Waals surface area contributed by atoms with E-state index >= 15 is 0 Å². The first-order valence-electron chi connectivity index (χ1n) is 11.7. The van der Waals surface area contributed by atoms with Crippen LogP contribution in [0.1, 0.15) is 29.7 Å². The van der Waals surface area contributed by atoms with Crippen LogP contribution in [-0.4, -0.2) is 56.4 Å². The summed E-state index contributed by atoms with van der Waals surface area (Å²) in [6.45, 7) is 6.05. The second-order valence-electron chi connectivity index (χ2n) is 9.24. The molecule has 2 saturated heterocycles. The fourth-order valence-electron chi connectivity index (χ4n) is 5.24. The second kappa shape index (κ2) is 8.45. The first kappa shape index (κ1) is 22.2. The van der Waals surface area contributed by atoms with E-state index in [0.29, 0.717) is 29.0 Å². The molecule has 6 rings (SSSR count). The highest BCUT2D eigenvalue weighted by molar-refractivity contribution is 5.94. The lowest BCUT2D eigenvalue weighted by Crippen LogP contribution is -2.51. The first-order valence-corrected chi connectivity index (χ1v) is 11.7. The van der Waals surface area contributed by atoms with E-state index in [4.69, 9.17) is 20.7 Å². The molecule has 180 valence electrons. The van der Waals surface area contributed by atoms with Gasteiger partial charge in [0.05, 0.1) is 29.2 Å².